The number of nitriles is 1. The number of carbonyl (C=O) groups excluding carboxylic acids is 1. The Labute approximate surface area is 181 Å². The van der Waals surface area contributed by atoms with Crippen molar-refractivity contribution in [3.8, 4) is 17.6 Å². The fourth-order valence-corrected chi connectivity index (χ4v) is 3.44. The van der Waals surface area contributed by atoms with Gasteiger partial charge in [-0.25, -0.2) is 0 Å². The number of halogens is 1. The Hall–Kier alpha value is -3.37. The summed E-state index contributed by atoms with van der Waals surface area (Å²) < 4.78 is 10.7. The van der Waals surface area contributed by atoms with Crippen molar-refractivity contribution in [2.75, 3.05) is 50.6 Å². The van der Waals surface area contributed by atoms with Crippen molar-refractivity contribution in [1.82, 2.24) is 4.90 Å². The summed E-state index contributed by atoms with van der Waals surface area (Å²) in [5.41, 5.74) is 1.47. The molecule has 0 saturated carbocycles. The molecule has 2 aromatic rings. The number of ether oxygens (including phenoxy) is 2. The van der Waals surface area contributed by atoms with Gasteiger partial charge in [-0.1, -0.05) is 23.7 Å². The third kappa shape index (κ3) is 4.97. The van der Waals surface area contributed by atoms with Crippen molar-refractivity contribution in [3.05, 3.63) is 59.3 Å². The molecule has 1 fully saturated rings. The van der Waals surface area contributed by atoms with Gasteiger partial charge in [0.15, 0.2) is 0 Å². The van der Waals surface area contributed by atoms with Crippen molar-refractivity contribution in [1.29, 1.82) is 5.26 Å². The van der Waals surface area contributed by atoms with Crippen molar-refractivity contribution in [2.45, 2.75) is 0 Å². The fraction of sp³-hybridized carbons (Fsp3) is 0.273. The van der Waals surface area contributed by atoms with E-state index in [0.29, 0.717) is 29.5 Å². The molecule has 0 aromatic heterocycles. The lowest BCUT2D eigenvalue weighted by atomic mass is 10.2. The number of amides is 1. The van der Waals surface area contributed by atoms with Gasteiger partial charge < -0.3 is 24.6 Å². The first-order valence-electron chi connectivity index (χ1n) is 9.44. The first-order chi connectivity index (χ1) is 14.5. The number of anilines is 2. The standard InChI is InChI=1S/C22H23ClN4O3/c1-29-20-8-7-17(23)13-18(20)25-22(28)16(14-24)15-26-9-11-27(12-10-26)19-5-3-4-6-21(19)30-2/h3-8,13,15H,9-12H2,1-2H3,(H,25,28)/b16-15-. The van der Waals surface area contributed by atoms with Gasteiger partial charge in [-0.15, -0.1) is 0 Å². The topological polar surface area (TPSA) is 77.8 Å². The lowest BCUT2D eigenvalue weighted by molar-refractivity contribution is -0.112. The summed E-state index contributed by atoms with van der Waals surface area (Å²) >= 11 is 6.00. The van der Waals surface area contributed by atoms with Crippen LogP contribution in [0.1, 0.15) is 0 Å². The van der Waals surface area contributed by atoms with Gasteiger partial charge in [-0.05, 0) is 30.3 Å². The lowest BCUT2D eigenvalue weighted by Gasteiger charge is -2.36. The highest BCUT2D eigenvalue weighted by atomic mass is 35.5. The van der Waals surface area contributed by atoms with E-state index < -0.39 is 5.91 Å². The molecular weight excluding hydrogens is 404 g/mol. The van der Waals surface area contributed by atoms with Crippen molar-refractivity contribution < 1.29 is 14.3 Å². The molecule has 156 valence electrons. The first-order valence-corrected chi connectivity index (χ1v) is 9.82. The zero-order valence-electron chi connectivity index (χ0n) is 16.9. The molecule has 1 heterocycles. The molecule has 0 bridgehead atoms. The molecule has 1 aliphatic rings. The van der Waals surface area contributed by atoms with Crippen LogP contribution in [0.3, 0.4) is 0 Å². The Balaban J connectivity index is 1.67. The number of nitrogens with zero attached hydrogens (tertiary/aromatic N) is 3. The van der Waals surface area contributed by atoms with Gasteiger partial charge in [0.05, 0.1) is 25.6 Å². The van der Waals surface area contributed by atoms with E-state index in [1.165, 1.54) is 7.11 Å². The van der Waals surface area contributed by atoms with E-state index in [9.17, 15) is 10.1 Å². The first kappa shape index (κ1) is 21.3. The van der Waals surface area contributed by atoms with Crippen LogP contribution < -0.4 is 19.7 Å². The second-order valence-electron chi connectivity index (χ2n) is 6.65. The lowest BCUT2D eigenvalue weighted by Crippen LogP contribution is -2.44. The maximum atomic E-state index is 12.6. The van der Waals surface area contributed by atoms with E-state index in [-0.39, 0.29) is 5.57 Å². The Morgan fingerprint density at radius 2 is 1.80 bits per heavy atom. The molecule has 8 heteroatoms. The molecule has 1 N–H and O–H groups in total. The van der Waals surface area contributed by atoms with E-state index in [1.807, 2.05) is 35.2 Å². The highest BCUT2D eigenvalue weighted by Gasteiger charge is 2.20. The van der Waals surface area contributed by atoms with Crippen molar-refractivity contribution in [3.63, 3.8) is 0 Å². The number of rotatable bonds is 6. The zero-order chi connectivity index (χ0) is 21.5. The maximum Gasteiger partial charge on any atom is 0.267 e. The zero-order valence-corrected chi connectivity index (χ0v) is 17.6. The van der Waals surface area contributed by atoms with Crippen LogP contribution in [0.25, 0.3) is 0 Å². The van der Waals surface area contributed by atoms with Crippen LogP contribution in [0.2, 0.25) is 5.02 Å². The second-order valence-corrected chi connectivity index (χ2v) is 7.08. The number of carbonyl (C=O) groups is 1. The van der Waals surface area contributed by atoms with Gasteiger partial charge in [-0.3, -0.25) is 4.79 Å². The SMILES string of the molecule is COc1ccc(Cl)cc1NC(=O)/C(C#N)=C\N1CCN(c2ccccc2OC)CC1. The summed E-state index contributed by atoms with van der Waals surface area (Å²) in [5, 5.41) is 12.7. The van der Waals surface area contributed by atoms with Gasteiger partial charge >= 0.3 is 0 Å². The summed E-state index contributed by atoms with van der Waals surface area (Å²) in [6.07, 6.45) is 1.60. The van der Waals surface area contributed by atoms with Crippen LogP contribution in [0.5, 0.6) is 11.5 Å². The van der Waals surface area contributed by atoms with Crippen LogP contribution in [0.4, 0.5) is 11.4 Å². The smallest absolute Gasteiger partial charge is 0.267 e. The molecule has 1 amide bonds. The molecular formula is C22H23ClN4O3. The molecule has 7 nitrogen and oxygen atoms in total. The van der Waals surface area contributed by atoms with E-state index >= 15 is 0 Å². The Morgan fingerprint density at radius 3 is 2.47 bits per heavy atom. The van der Waals surface area contributed by atoms with Crippen LogP contribution in [-0.2, 0) is 4.79 Å². The average molecular weight is 427 g/mol. The van der Waals surface area contributed by atoms with Crippen molar-refractivity contribution >= 4 is 28.9 Å². The van der Waals surface area contributed by atoms with E-state index in [2.05, 4.69) is 10.2 Å². The van der Waals surface area contributed by atoms with E-state index in [0.717, 1.165) is 24.5 Å². The second kappa shape index (κ2) is 9.90. The van der Waals surface area contributed by atoms with Gasteiger partial charge in [0.2, 0.25) is 0 Å². The van der Waals surface area contributed by atoms with Crippen molar-refractivity contribution in [2.24, 2.45) is 0 Å². The number of hydrogen-bond acceptors (Lipinski definition) is 6. The third-order valence-corrected chi connectivity index (χ3v) is 5.06. The fourth-order valence-electron chi connectivity index (χ4n) is 3.27. The molecule has 0 radical (unpaired) electrons. The molecule has 3 rings (SSSR count). The average Bonchev–Trinajstić information content (AvgIpc) is 2.78. The molecule has 0 spiro atoms. The molecule has 1 saturated heterocycles. The minimum absolute atomic E-state index is 0.0165. The van der Waals surface area contributed by atoms with Gasteiger partial charge in [0.25, 0.3) is 5.91 Å². The minimum Gasteiger partial charge on any atom is -0.495 e. The predicted octanol–water partition coefficient (Wildman–Crippen LogP) is 3.53. The van der Waals surface area contributed by atoms with Gasteiger partial charge in [-0.2, -0.15) is 5.26 Å². The molecule has 0 atom stereocenters. The number of nitrogens with one attached hydrogen (secondary N) is 1. The summed E-state index contributed by atoms with van der Waals surface area (Å²) in [7, 11) is 3.16. The van der Waals surface area contributed by atoms with Crippen LogP contribution >= 0.6 is 11.6 Å². The number of hydrogen-bond donors (Lipinski definition) is 1. The highest BCUT2D eigenvalue weighted by Crippen LogP contribution is 2.29. The summed E-state index contributed by atoms with van der Waals surface area (Å²) in [6.45, 7) is 2.85. The molecule has 0 unspecified atom stereocenters. The normalized spacial score (nSPS) is 14.1. The van der Waals surface area contributed by atoms with Crippen LogP contribution in [0, 0.1) is 11.3 Å². The summed E-state index contributed by atoms with van der Waals surface area (Å²) in [6, 6.07) is 14.8. The quantitative estimate of drug-likeness (QED) is 0.562. The van der Waals surface area contributed by atoms with Crippen LogP contribution in [-0.4, -0.2) is 51.2 Å². The largest absolute Gasteiger partial charge is 0.495 e. The Morgan fingerprint density at radius 1 is 1.10 bits per heavy atom. The molecule has 30 heavy (non-hydrogen) atoms. The van der Waals surface area contributed by atoms with Gasteiger partial charge in [0.1, 0.15) is 23.1 Å². The van der Waals surface area contributed by atoms with Crippen LogP contribution in [0.15, 0.2) is 54.2 Å². The predicted molar refractivity (Wildman–Crippen MR) is 117 cm³/mol. The summed E-state index contributed by atoms with van der Waals surface area (Å²) in [4.78, 5) is 16.8. The summed E-state index contributed by atoms with van der Waals surface area (Å²) in [5.74, 6) is 0.787. The third-order valence-electron chi connectivity index (χ3n) is 4.83. The van der Waals surface area contributed by atoms with E-state index in [4.69, 9.17) is 21.1 Å². The molecule has 2 aromatic carbocycles. The number of methoxy groups -OCH3 is 2. The van der Waals surface area contributed by atoms with E-state index in [1.54, 1.807) is 31.5 Å². The number of benzene rings is 2. The monoisotopic (exact) mass is 426 g/mol. The Kier molecular flexibility index (Phi) is 7.04. The molecule has 0 aliphatic carbocycles. The minimum atomic E-state index is -0.509. The maximum absolute atomic E-state index is 12.6. The number of piperazine rings is 1. The Bertz CT molecular complexity index is 979. The van der Waals surface area contributed by atoms with Gasteiger partial charge in [0, 0.05) is 37.4 Å². The highest BCUT2D eigenvalue weighted by molar-refractivity contribution is 6.31. The molecule has 1 aliphatic heterocycles. The number of para-hydroxylation sites is 2.